The number of anilines is 1. The first-order valence-electron chi connectivity index (χ1n) is 7.68. The van der Waals surface area contributed by atoms with Gasteiger partial charge in [-0.25, -0.2) is 9.97 Å². The molecule has 1 atom stereocenters. The number of hydrogen-bond donors (Lipinski definition) is 3. The zero-order chi connectivity index (χ0) is 17.8. The lowest BCUT2D eigenvalue weighted by molar-refractivity contribution is 0.0731. The lowest BCUT2D eigenvalue weighted by atomic mass is 10.1. The fourth-order valence-electron chi connectivity index (χ4n) is 2.34. The summed E-state index contributed by atoms with van der Waals surface area (Å²) < 4.78 is 6.82. The van der Waals surface area contributed by atoms with Crippen LogP contribution in [0.1, 0.15) is 33.6 Å². The molecule has 3 N–H and O–H groups in total. The lowest BCUT2D eigenvalue weighted by Crippen LogP contribution is -2.13. The van der Waals surface area contributed by atoms with Crippen molar-refractivity contribution >= 4 is 11.7 Å². The van der Waals surface area contributed by atoms with Crippen LogP contribution in [0.3, 0.4) is 0 Å². The molecule has 8 heteroatoms. The zero-order valence-electron chi connectivity index (χ0n) is 13.6. The van der Waals surface area contributed by atoms with Gasteiger partial charge in [-0.1, -0.05) is 29.8 Å². The molecule has 0 radical (unpaired) electrons. The maximum absolute atomic E-state index is 12.1. The number of nitrogens with zero attached hydrogens (tertiary/aromatic N) is 3. The van der Waals surface area contributed by atoms with E-state index in [0.717, 1.165) is 11.8 Å². The lowest BCUT2D eigenvalue weighted by Gasteiger charge is -2.03. The topological polar surface area (TPSA) is 113 Å². The Bertz CT molecular complexity index is 871. The summed E-state index contributed by atoms with van der Waals surface area (Å²) >= 11 is 0. The number of carbonyl (C=O) groups is 1. The minimum atomic E-state index is -1.25. The first-order valence-corrected chi connectivity index (χ1v) is 7.68. The van der Waals surface area contributed by atoms with E-state index < -0.39 is 18.6 Å². The molecule has 0 aliphatic heterocycles. The number of carbonyl (C=O) groups excluding carboxylic acids is 1. The van der Waals surface area contributed by atoms with Gasteiger partial charge in [0.1, 0.15) is 6.26 Å². The van der Waals surface area contributed by atoms with Gasteiger partial charge in [0, 0.05) is 12.7 Å². The van der Waals surface area contributed by atoms with Crippen molar-refractivity contribution in [1.82, 2.24) is 14.5 Å². The fourth-order valence-corrected chi connectivity index (χ4v) is 2.34. The molecule has 3 rings (SSSR count). The summed E-state index contributed by atoms with van der Waals surface area (Å²) in [6.07, 6.45) is 3.20. The predicted molar refractivity (Wildman–Crippen MR) is 89.0 cm³/mol. The van der Waals surface area contributed by atoms with E-state index >= 15 is 0 Å². The number of oxazole rings is 1. The van der Waals surface area contributed by atoms with Crippen LogP contribution in [-0.2, 0) is 6.54 Å². The van der Waals surface area contributed by atoms with Crippen molar-refractivity contribution in [2.24, 2.45) is 0 Å². The van der Waals surface area contributed by atoms with Gasteiger partial charge in [-0.2, -0.15) is 0 Å². The summed E-state index contributed by atoms with van der Waals surface area (Å²) in [5.41, 5.74) is 2.31. The number of aliphatic hydroxyl groups is 2. The Morgan fingerprint density at radius 1 is 1.44 bits per heavy atom. The maximum Gasteiger partial charge on any atom is 0.278 e. The van der Waals surface area contributed by atoms with Crippen LogP contribution in [0.15, 0.2) is 47.5 Å². The zero-order valence-corrected chi connectivity index (χ0v) is 13.6. The summed E-state index contributed by atoms with van der Waals surface area (Å²) in [7, 11) is 0. The molecule has 3 aromatic rings. The van der Waals surface area contributed by atoms with E-state index in [9.17, 15) is 9.90 Å². The quantitative estimate of drug-likeness (QED) is 0.626. The van der Waals surface area contributed by atoms with Crippen LogP contribution in [0.5, 0.6) is 0 Å². The number of aromatic nitrogens is 3. The Morgan fingerprint density at radius 2 is 2.28 bits per heavy atom. The van der Waals surface area contributed by atoms with Gasteiger partial charge in [0.15, 0.2) is 17.6 Å². The molecule has 0 fully saturated rings. The normalized spacial score (nSPS) is 12.1. The largest absolute Gasteiger partial charge is 0.445 e. The SMILES string of the molecule is Cc1cccc(Cn2cnc(NC(=O)c3coc(C(O)CO)n3)c2)c1. The average Bonchev–Trinajstić information content (AvgIpc) is 3.24. The van der Waals surface area contributed by atoms with E-state index in [1.165, 1.54) is 5.56 Å². The second-order valence-corrected chi connectivity index (χ2v) is 5.64. The van der Waals surface area contributed by atoms with Gasteiger partial charge < -0.3 is 24.5 Å². The molecule has 0 saturated carbocycles. The minimum absolute atomic E-state index is 0.00395. The first-order chi connectivity index (χ1) is 12.0. The van der Waals surface area contributed by atoms with Crippen molar-refractivity contribution in [1.29, 1.82) is 0 Å². The number of rotatable bonds is 6. The highest BCUT2D eigenvalue weighted by molar-refractivity contribution is 6.02. The number of nitrogens with one attached hydrogen (secondary N) is 1. The molecule has 0 aliphatic rings. The molecule has 8 nitrogen and oxygen atoms in total. The molecule has 0 bridgehead atoms. The summed E-state index contributed by atoms with van der Waals surface area (Å²) in [6, 6.07) is 8.13. The highest BCUT2D eigenvalue weighted by Crippen LogP contribution is 2.13. The molecule has 1 aromatic carbocycles. The standard InChI is InChI=1S/C17H18N4O4/c1-11-3-2-4-12(5-11)6-21-7-15(18-10-21)20-16(24)13-9-25-17(19-13)14(23)8-22/h2-5,7,9-10,14,22-23H,6,8H2,1H3,(H,20,24). The fraction of sp³-hybridized carbons (Fsp3) is 0.235. The van der Waals surface area contributed by atoms with E-state index in [0.29, 0.717) is 12.4 Å². The van der Waals surface area contributed by atoms with Crippen LogP contribution in [0, 0.1) is 6.92 Å². The number of hydrogen-bond acceptors (Lipinski definition) is 6. The second-order valence-electron chi connectivity index (χ2n) is 5.64. The van der Waals surface area contributed by atoms with Crippen molar-refractivity contribution in [2.45, 2.75) is 19.6 Å². The Balaban J connectivity index is 1.64. The smallest absolute Gasteiger partial charge is 0.278 e. The molecule has 2 heterocycles. The number of aryl methyl sites for hydroxylation is 1. The van der Waals surface area contributed by atoms with Gasteiger partial charge in [-0.3, -0.25) is 4.79 Å². The second kappa shape index (κ2) is 7.29. The Morgan fingerprint density at radius 3 is 3.04 bits per heavy atom. The summed E-state index contributed by atoms with van der Waals surface area (Å²) in [5, 5.41) is 20.9. The highest BCUT2D eigenvalue weighted by atomic mass is 16.4. The first kappa shape index (κ1) is 16.9. The van der Waals surface area contributed by atoms with Crippen molar-refractivity contribution in [2.75, 3.05) is 11.9 Å². The van der Waals surface area contributed by atoms with Crippen molar-refractivity contribution in [3.05, 3.63) is 65.8 Å². The number of imidazole rings is 1. The Hall–Kier alpha value is -2.97. The molecule has 2 aromatic heterocycles. The third-order valence-corrected chi connectivity index (χ3v) is 3.54. The van der Waals surface area contributed by atoms with Crippen molar-refractivity contribution < 1.29 is 19.4 Å². The van der Waals surface area contributed by atoms with E-state index in [4.69, 9.17) is 9.52 Å². The Kier molecular flexibility index (Phi) is 4.92. The van der Waals surface area contributed by atoms with E-state index in [1.54, 1.807) is 12.5 Å². The Labute approximate surface area is 143 Å². The van der Waals surface area contributed by atoms with Crippen LogP contribution >= 0.6 is 0 Å². The monoisotopic (exact) mass is 342 g/mol. The van der Waals surface area contributed by atoms with E-state index in [-0.39, 0.29) is 11.6 Å². The third-order valence-electron chi connectivity index (χ3n) is 3.54. The molecule has 25 heavy (non-hydrogen) atoms. The molecule has 1 amide bonds. The number of amides is 1. The molecular weight excluding hydrogens is 324 g/mol. The van der Waals surface area contributed by atoms with Gasteiger partial charge >= 0.3 is 0 Å². The molecular formula is C17H18N4O4. The molecule has 0 spiro atoms. The van der Waals surface area contributed by atoms with Crippen LogP contribution in [-0.4, -0.2) is 37.3 Å². The maximum atomic E-state index is 12.1. The predicted octanol–water partition coefficient (Wildman–Crippen LogP) is 1.51. The summed E-state index contributed by atoms with van der Waals surface area (Å²) in [5.74, 6) is -0.247. The average molecular weight is 342 g/mol. The van der Waals surface area contributed by atoms with Crippen LogP contribution in [0.2, 0.25) is 0 Å². The van der Waals surface area contributed by atoms with Gasteiger partial charge in [0.25, 0.3) is 5.91 Å². The number of aliphatic hydroxyl groups excluding tert-OH is 2. The molecule has 0 aliphatic carbocycles. The highest BCUT2D eigenvalue weighted by Gasteiger charge is 2.18. The van der Waals surface area contributed by atoms with Gasteiger partial charge in [0.2, 0.25) is 5.89 Å². The third kappa shape index (κ3) is 4.11. The van der Waals surface area contributed by atoms with Crippen LogP contribution < -0.4 is 5.32 Å². The number of benzene rings is 1. The minimum Gasteiger partial charge on any atom is -0.445 e. The van der Waals surface area contributed by atoms with Crippen LogP contribution in [0.25, 0.3) is 0 Å². The van der Waals surface area contributed by atoms with Gasteiger partial charge in [-0.05, 0) is 12.5 Å². The van der Waals surface area contributed by atoms with Gasteiger partial charge in [-0.15, -0.1) is 0 Å². The van der Waals surface area contributed by atoms with E-state index in [2.05, 4.69) is 21.4 Å². The summed E-state index contributed by atoms with van der Waals surface area (Å²) in [6.45, 7) is 2.13. The van der Waals surface area contributed by atoms with Crippen molar-refractivity contribution in [3.63, 3.8) is 0 Å². The van der Waals surface area contributed by atoms with Gasteiger partial charge in [0.05, 0.1) is 12.9 Å². The van der Waals surface area contributed by atoms with Crippen molar-refractivity contribution in [3.8, 4) is 0 Å². The molecule has 130 valence electrons. The van der Waals surface area contributed by atoms with Crippen LogP contribution in [0.4, 0.5) is 5.82 Å². The summed E-state index contributed by atoms with van der Waals surface area (Å²) in [4.78, 5) is 20.1. The molecule has 1 unspecified atom stereocenters. The van der Waals surface area contributed by atoms with E-state index in [1.807, 2.05) is 29.7 Å². The molecule has 0 saturated heterocycles.